The van der Waals surface area contributed by atoms with Gasteiger partial charge >= 0.3 is 17.8 Å². The molecule has 4 aliphatic rings. The molecule has 1 aromatic rings. The molecule has 3 heterocycles. The van der Waals surface area contributed by atoms with E-state index in [1.807, 2.05) is 12.1 Å². The second kappa shape index (κ2) is 7.63. The van der Waals surface area contributed by atoms with E-state index >= 15 is 0 Å². The Morgan fingerprint density at radius 1 is 1.22 bits per heavy atom. The van der Waals surface area contributed by atoms with Gasteiger partial charge in [0.2, 0.25) is 6.79 Å². The zero-order valence-corrected chi connectivity index (χ0v) is 17.8. The molecule has 4 atom stereocenters. The third-order valence-electron chi connectivity index (χ3n) is 6.69. The van der Waals surface area contributed by atoms with E-state index in [0.29, 0.717) is 17.3 Å². The number of esters is 2. The van der Waals surface area contributed by atoms with Crippen LogP contribution in [0.4, 0.5) is 4.39 Å². The van der Waals surface area contributed by atoms with Gasteiger partial charge in [-0.15, -0.1) is 0 Å². The van der Waals surface area contributed by atoms with Gasteiger partial charge < -0.3 is 28.8 Å². The lowest BCUT2D eigenvalue weighted by atomic mass is 9.86. The number of halogens is 1. The van der Waals surface area contributed by atoms with E-state index in [-0.39, 0.29) is 18.8 Å². The third kappa shape index (κ3) is 3.20. The molecule has 0 aromatic heterocycles. The highest BCUT2D eigenvalue weighted by Crippen LogP contribution is 2.52. The molecule has 0 bridgehead atoms. The minimum absolute atomic E-state index is 0.0855. The first kappa shape index (κ1) is 21.0. The molecular weight excluding hydrogens is 425 g/mol. The second-order valence-electron chi connectivity index (χ2n) is 8.34. The summed E-state index contributed by atoms with van der Waals surface area (Å²) in [5.74, 6) is -4.81. The zero-order valence-electron chi connectivity index (χ0n) is 17.8. The van der Waals surface area contributed by atoms with Crippen LogP contribution in [0.25, 0.3) is 0 Å². The summed E-state index contributed by atoms with van der Waals surface area (Å²) >= 11 is 0. The van der Waals surface area contributed by atoms with Crippen LogP contribution >= 0.6 is 0 Å². The Bertz CT molecular complexity index is 1010. The number of hydrogen-bond donors (Lipinski definition) is 1. The molecule has 1 N–H and O–H groups in total. The van der Waals surface area contributed by atoms with E-state index in [1.54, 1.807) is 0 Å². The number of nitrogens with zero attached hydrogens (tertiary/aromatic N) is 1. The lowest BCUT2D eigenvalue weighted by molar-refractivity contribution is -0.198. The van der Waals surface area contributed by atoms with Gasteiger partial charge in [0.05, 0.1) is 14.2 Å². The number of carbonyl (C=O) groups is 2. The molecule has 1 aromatic carbocycles. The fourth-order valence-corrected chi connectivity index (χ4v) is 5.29. The van der Waals surface area contributed by atoms with Gasteiger partial charge in [0.1, 0.15) is 12.2 Å². The van der Waals surface area contributed by atoms with Gasteiger partial charge in [-0.3, -0.25) is 9.69 Å². The van der Waals surface area contributed by atoms with Crippen LogP contribution in [0.1, 0.15) is 29.9 Å². The Morgan fingerprint density at radius 3 is 2.66 bits per heavy atom. The van der Waals surface area contributed by atoms with Crippen molar-refractivity contribution in [2.75, 3.05) is 34.1 Å². The molecule has 10 heteroatoms. The molecule has 1 aliphatic carbocycles. The summed E-state index contributed by atoms with van der Waals surface area (Å²) in [4.78, 5) is 26.4. The summed E-state index contributed by atoms with van der Waals surface area (Å²) in [5.41, 5.74) is 2.93. The number of benzene rings is 1. The molecule has 0 saturated carbocycles. The Kier molecular flexibility index (Phi) is 5.01. The number of fused-ring (bicyclic) bond motifs is 3. The fraction of sp³-hybridized carbons (Fsp3) is 0.545. The predicted molar refractivity (Wildman–Crippen MR) is 106 cm³/mol. The summed E-state index contributed by atoms with van der Waals surface area (Å²) in [6.45, 7) is 1.76. The highest BCUT2D eigenvalue weighted by atomic mass is 19.2. The van der Waals surface area contributed by atoms with Crippen molar-refractivity contribution in [2.45, 2.75) is 43.2 Å². The molecule has 172 valence electrons. The van der Waals surface area contributed by atoms with Crippen molar-refractivity contribution in [3.8, 4) is 11.5 Å². The van der Waals surface area contributed by atoms with E-state index in [2.05, 4.69) is 9.64 Å². The first-order valence-corrected chi connectivity index (χ1v) is 10.5. The van der Waals surface area contributed by atoms with Crippen LogP contribution in [0.2, 0.25) is 0 Å². The van der Waals surface area contributed by atoms with Crippen molar-refractivity contribution in [1.82, 2.24) is 4.90 Å². The molecule has 1 fully saturated rings. The normalized spacial score (nSPS) is 27.3. The van der Waals surface area contributed by atoms with Crippen LogP contribution in [-0.2, 0) is 30.2 Å². The van der Waals surface area contributed by atoms with Gasteiger partial charge in [0.15, 0.2) is 17.6 Å². The molecule has 0 spiro atoms. The van der Waals surface area contributed by atoms with E-state index in [0.717, 1.165) is 49.7 Å². The number of methoxy groups -OCH3 is 2. The number of alkyl halides is 1. The average Bonchev–Trinajstić information content (AvgIpc) is 3.42. The summed E-state index contributed by atoms with van der Waals surface area (Å²) in [5, 5.41) is 9.96. The zero-order chi connectivity index (χ0) is 22.6. The fourth-order valence-electron chi connectivity index (χ4n) is 5.29. The molecule has 3 aliphatic heterocycles. The van der Waals surface area contributed by atoms with Gasteiger partial charge in [-0.05, 0) is 41.7 Å². The lowest BCUT2D eigenvalue weighted by Gasteiger charge is -2.30. The number of ether oxygens (including phenoxy) is 5. The van der Waals surface area contributed by atoms with Gasteiger partial charge in [-0.2, -0.15) is 4.39 Å². The first-order valence-electron chi connectivity index (χ1n) is 10.5. The molecule has 0 amide bonds. The molecule has 32 heavy (non-hydrogen) atoms. The molecule has 9 nitrogen and oxygen atoms in total. The molecule has 0 radical (unpaired) electrons. The van der Waals surface area contributed by atoms with Gasteiger partial charge in [0, 0.05) is 25.0 Å². The van der Waals surface area contributed by atoms with Crippen molar-refractivity contribution >= 4 is 11.9 Å². The minimum Gasteiger partial charge on any atom is -0.497 e. The maximum Gasteiger partial charge on any atom is 0.373 e. The maximum absolute atomic E-state index is 14.7. The van der Waals surface area contributed by atoms with Gasteiger partial charge in [-0.25, -0.2) is 4.79 Å². The predicted octanol–water partition coefficient (Wildman–Crippen LogP) is 1.18. The second-order valence-corrected chi connectivity index (χ2v) is 8.34. The van der Waals surface area contributed by atoms with Crippen LogP contribution < -0.4 is 9.47 Å². The van der Waals surface area contributed by atoms with Crippen LogP contribution in [0.5, 0.6) is 11.5 Å². The Balaban J connectivity index is 1.53. The van der Waals surface area contributed by atoms with Crippen molar-refractivity contribution in [2.24, 2.45) is 0 Å². The molecule has 5 rings (SSSR count). The van der Waals surface area contributed by atoms with Gasteiger partial charge in [0.25, 0.3) is 0 Å². The number of hydrogen-bond acceptors (Lipinski definition) is 9. The smallest absolute Gasteiger partial charge is 0.373 e. The summed E-state index contributed by atoms with van der Waals surface area (Å²) in [6, 6.07) is 3.74. The topological polar surface area (TPSA) is 104 Å². The largest absolute Gasteiger partial charge is 0.497 e. The van der Waals surface area contributed by atoms with Crippen molar-refractivity contribution < 1.29 is 42.8 Å². The minimum atomic E-state index is -3.52. The number of carbonyl (C=O) groups excluding carboxylic acids is 2. The molecular formula is C22H24FNO8. The van der Waals surface area contributed by atoms with Crippen LogP contribution in [0.3, 0.4) is 0 Å². The Labute approximate surface area is 183 Å². The molecule has 3 unspecified atom stereocenters. The Hall–Kier alpha value is -2.85. The summed E-state index contributed by atoms with van der Waals surface area (Å²) < 4.78 is 41.3. The highest BCUT2D eigenvalue weighted by Gasteiger charge is 2.55. The summed E-state index contributed by atoms with van der Waals surface area (Å²) in [6.07, 6.45) is -0.624. The van der Waals surface area contributed by atoms with Gasteiger partial charge in [-0.1, -0.05) is 0 Å². The monoisotopic (exact) mass is 449 g/mol. The maximum atomic E-state index is 14.7. The average molecular weight is 449 g/mol. The number of rotatable bonds is 5. The van der Waals surface area contributed by atoms with E-state index < -0.39 is 30.3 Å². The Morgan fingerprint density at radius 2 is 1.94 bits per heavy atom. The third-order valence-corrected chi connectivity index (χ3v) is 6.69. The van der Waals surface area contributed by atoms with Crippen molar-refractivity contribution in [3.63, 3.8) is 0 Å². The lowest BCUT2D eigenvalue weighted by Crippen LogP contribution is -2.43. The quantitative estimate of drug-likeness (QED) is 0.664. The van der Waals surface area contributed by atoms with Crippen LogP contribution in [0, 0.1) is 0 Å². The number of aliphatic hydroxyl groups is 1. The highest BCUT2D eigenvalue weighted by molar-refractivity contribution is 5.84. The van der Waals surface area contributed by atoms with Crippen LogP contribution in [0.15, 0.2) is 23.5 Å². The van der Waals surface area contributed by atoms with E-state index in [4.69, 9.17) is 18.9 Å². The summed E-state index contributed by atoms with van der Waals surface area (Å²) in [7, 11) is 2.52. The van der Waals surface area contributed by atoms with Crippen molar-refractivity contribution in [3.05, 3.63) is 34.6 Å². The van der Waals surface area contributed by atoms with E-state index in [9.17, 15) is 19.1 Å². The first-order chi connectivity index (χ1) is 15.3. The SMILES string of the molecule is COC(=O)CC(O)(F)C(=O)OC1C(OC)=C2CCN3CCc4cc5c(cc4[C@H]1C23)OCO5. The molecule has 1 saturated heterocycles. The van der Waals surface area contributed by atoms with Crippen LogP contribution in [-0.4, -0.2) is 74.0 Å². The van der Waals surface area contributed by atoms with E-state index in [1.165, 1.54) is 7.11 Å². The standard InChI is InChI=1S/C22H24FNO8/c1-28-16(25)9-22(23,27)21(26)32-20-17-13-8-15-14(30-10-31-15)7-11(13)3-5-24-6-4-12(18(17)24)19(20)29-2/h7-8,17-18,20,27H,3-6,9-10H2,1-2H3/t17-,18?,20?,22?/m0/s1. The van der Waals surface area contributed by atoms with Crippen molar-refractivity contribution in [1.29, 1.82) is 0 Å².